The number of rotatable bonds is 7. The lowest BCUT2D eigenvalue weighted by molar-refractivity contribution is -0.137. The van der Waals surface area contributed by atoms with Crippen molar-refractivity contribution in [3.05, 3.63) is 18.2 Å². The van der Waals surface area contributed by atoms with Crippen LogP contribution in [-0.2, 0) is 19.4 Å². The summed E-state index contributed by atoms with van der Waals surface area (Å²) in [4.78, 5) is 28.8. The highest BCUT2D eigenvalue weighted by molar-refractivity contribution is 8.16. The van der Waals surface area contributed by atoms with Crippen molar-refractivity contribution in [2.75, 3.05) is 30.6 Å². The number of hydrogen-bond acceptors (Lipinski definition) is 7. The van der Waals surface area contributed by atoms with Gasteiger partial charge < -0.3 is 19.5 Å². The molecule has 0 aliphatic carbocycles. The third-order valence-electron chi connectivity index (χ3n) is 4.71. The first-order valence-electron chi connectivity index (χ1n) is 8.95. The maximum absolute atomic E-state index is 12.3. The fourth-order valence-corrected chi connectivity index (χ4v) is 7.31. The lowest BCUT2D eigenvalue weighted by Crippen LogP contribution is -2.38. The summed E-state index contributed by atoms with van der Waals surface area (Å²) < 4.78 is 35.1. The Kier molecular flexibility index (Phi) is 6.37. The second kappa shape index (κ2) is 8.62. The van der Waals surface area contributed by atoms with Crippen LogP contribution in [0.4, 0.5) is 5.69 Å². The van der Waals surface area contributed by atoms with E-state index in [0.29, 0.717) is 22.4 Å². The summed E-state index contributed by atoms with van der Waals surface area (Å²) in [6, 6.07) is 4.78. The SMILES string of the molecule is COc1ccc(OC)c(N2C(=NC(=O)CCCC(=O)O)S[C@@H]3CS(=O)(=O)C[C@H]32)c1. The lowest BCUT2D eigenvalue weighted by atomic mass is 10.2. The molecule has 2 aliphatic rings. The Morgan fingerprint density at radius 1 is 1.24 bits per heavy atom. The zero-order valence-corrected chi connectivity index (χ0v) is 17.7. The Morgan fingerprint density at radius 2 is 2.00 bits per heavy atom. The molecule has 0 unspecified atom stereocenters. The summed E-state index contributed by atoms with van der Waals surface area (Å²) >= 11 is 1.25. The largest absolute Gasteiger partial charge is 0.497 e. The Labute approximate surface area is 173 Å². The van der Waals surface area contributed by atoms with Gasteiger partial charge in [0, 0.05) is 24.2 Å². The van der Waals surface area contributed by atoms with Crippen LogP contribution in [0.5, 0.6) is 11.5 Å². The maximum Gasteiger partial charge on any atom is 0.303 e. The number of aliphatic imine (C=N–C) groups is 1. The summed E-state index contributed by atoms with van der Waals surface area (Å²) in [7, 11) is -0.170. The number of carbonyl (C=O) groups excluding carboxylic acids is 1. The van der Waals surface area contributed by atoms with Crippen LogP contribution in [0, 0.1) is 0 Å². The van der Waals surface area contributed by atoms with E-state index in [-0.39, 0.29) is 42.1 Å². The number of amidine groups is 1. The monoisotopic (exact) mass is 442 g/mol. The summed E-state index contributed by atoms with van der Waals surface area (Å²) in [5.41, 5.74) is 0.570. The van der Waals surface area contributed by atoms with Crippen molar-refractivity contribution in [3.63, 3.8) is 0 Å². The number of aliphatic carboxylic acids is 1. The van der Waals surface area contributed by atoms with Crippen molar-refractivity contribution >= 4 is 44.3 Å². The molecule has 0 spiro atoms. The van der Waals surface area contributed by atoms with Crippen molar-refractivity contribution in [1.29, 1.82) is 0 Å². The molecule has 2 aliphatic heterocycles. The van der Waals surface area contributed by atoms with Gasteiger partial charge in [-0.2, -0.15) is 4.99 Å². The number of anilines is 1. The smallest absolute Gasteiger partial charge is 0.303 e. The molecule has 2 heterocycles. The van der Waals surface area contributed by atoms with Crippen LogP contribution in [0.2, 0.25) is 0 Å². The highest BCUT2D eigenvalue weighted by Crippen LogP contribution is 2.45. The van der Waals surface area contributed by atoms with Crippen molar-refractivity contribution in [3.8, 4) is 11.5 Å². The zero-order chi connectivity index (χ0) is 21.2. The third kappa shape index (κ3) is 4.84. The summed E-state index contributed by atoms with van der Waals surface area (Å²) in [5.74, 6) is -0.384. The van der Waals surface area contributed by atoms with E-state index in [1.807, 2.05) is 0 Å². The van der Waals surface area contributed by atoms with E-state index in [2.05, 4.69) is 4.99 Å². The molecule has 2 fully saturated rings. The molecule has 9 nitrogen and oxygen atoms in total. The zero-order valence-electron chi connectivity index (χ0n) is 16.0. The number of carbonyl (C=O) groups is 2. The van der Waals surface area contributed by atoms with E-state index in [1.165, 1.54) is 26.0 Å². The number of methoxy groups -OCH3 is 2. The van der Waals surface area contributed by atoms with Gasteiger partial charge in [0.25, 0.3) is 0 Å². The fourth-order valence-electron chi connectivity index (χ4n) is 3.38. The van der Waals surface area contributed by atoms with Gasteiger partial charge in [0.15, 0.2) is 15.0 Å². The number of carboxylic acid groups (broad SMARTS) is 1. The molecule has 1 aromatic carbocycles. The second-order valence-corrected chi connectivity index (χ2v) is 10.1. The molecule has 1 N–H and O–H groups in total. The number of thioether (sulfide) groups is 1. The van der Waals surface area contributed by atoms with Crippen LogP contribution >= 0.6 is 11.8 Å². The quantitative estimate of drug-likeness (QED) is 0.670. The fraction of sp³-hybridized carbons (Fsp3) is 0.500. The standard InChI is InChI=1S/C18H22N2O7S2/c1-26-11-6-7-14(27-2)12(8-11)20-13-9-29(24,25)10-15(13)28-18(20)19-16(21)4-3-5-17(22)23/h6-8,13,15H,3-5,9-10H2,1-2H3,(H,22,23)/t13-,15-/m1/s1. The molecule has 158 valence electrons. The Balaban J connectivity index is 1.96. The van der Waals surface area contributed by atoms with Crippen LogP contribution in [0.25, 0.3) is 0 Å². The Hall–Kier alpha value is -2.27. The number of fused-ring (bicyclic) bond motifs is 1. The highest BCUT2D eigenvalue weighted by Gasteiger charge is 2.50. The number of amides is 1. The van der Waals surface area contributed by atoms with E-state index in [9.17, 15) is 18.0 Å². The van der Waals surface area contributed by atoms with Crippen LogP contribution in [0.1, 0.15) is 19.3 Å². The van der Waals surface area contributed by atoms with Crippen LogP contribution in [0.3, 0.4) is 0 Å². The minimum absolute atomic E-state index is 0.00702. The predicted octanol–water partition coefficient (Wildman–Crippen LogP) is 1.56. The van der Waals surface area contributed by atoms with Crippen LogP contribution in [-0.4, -0.2) is 67.6 Å². The summed E-state index contributed by atoms with van der Waals surface area (Å²) in [5, 5.41) is 8.87. The topological polar surface area (TPSA) is 123 Å². The number of sulfone groups is 1. The molecule has 1 amide bonds. The molecule has 0 radical (unpaired) electrons. The number of ether oxygens (including phenoxy) is 2. The van der Waals surface area contributed by atoms with Crippen LogP contribution in [0.15, 0.2) is 23.2 Å². The van der Waals surface area contributed by atoms with E-state index in [0.717, 1.165) is 0 Å². The van der Waals surface area contributed by atoms with Crippen molar-refractivity contribution in [2.24, 2.45) is 4.99 Å². The molecule has 0 saturated carbocycles. The van der Waals surface area contributed by atoms with Gasteiger partial charge in [-0.1, -0.05) is 11.8 Å². The van der Waals surface area contributed by atoms with Crippen molar-refractivity contribution < 1.29 is 32.6 Å². The number of hydrogen-bond donors (Lipinski definition) is 1. The molecule has 2 atom stereocenters. The van der Waals surface area contributed by atoms with E-state index >= 15 is 0 Å². The summed E-state index contributed by atoms with van der Waals surface area (Å²) in [6.45, 7) is 0. The molecule has 0 aromatic heterocycles. The molecule has 0 bridgehead atoms. The Bertz CT molecular complexity index is 946. The van der Waals surface area contributed by atoms with Gasteiger partial charge >= 0.3 is 5.97 Å². The first-order valence-corrected chi connectivity index (χ1v) is 11.7. The number of nitrogens with zero attached hydrogens (tertiary/aromatic N) is 2. The molecule has 2 saturated heterocycles. The normalized spacial score (nSPS) is 23.8. The van der Waals surface area contributed by atoms with E-state index in [4.69, 9.17) is 14.6 Å². The third-order valence-corrected chi connectivity index (χ3v) is 7.92. The molecule has 3 rings (SSSR count). The number of benzene rings is 1. The highest BCUT2D eigenvalue weighted by atomic mass is 32.2. The van der Waals surface area contributed by atoms with Gasteiger partial charge in [-0.25, -0.2) is 8.42 Å². The molecular formula is C18H22N2O7S2. The van der Waals surface area contributed by atoms with E-state index < -0.39 is 21.7 Å². The average molecular weight is 443 g/mol. The van der Waals surface area contributed by atoms with Gasteiger partial charge in [0.1, 0.15) is 11.5 Å². The minimum Gasteiger partial charge on any atom is -0.497 e. The molecule has 11 heteroatoms. The minimum atomic E-state index is -3.20. The van der Waals surface area contributed by atoms with Gasteiger partial charge in [-0.05, 0) is 18.6 Å². The maximum atomic E-state index is 12.3. The van der Waals surface area contributed by atoms with Crippen molar-refractivity contribution in [1.82, 2.24) is 0 Å². The predicted molar refractivity (Wildman–Crippen MR) is 110 cm³/mol. The van der Waals surface area contributed by atoms with Gasteiger partial charge in [0.2, 0.25) is 5.91 Å². The second-order valence-electron chi connectivity index (χ2n) is 6.74. The lowest BCUT2D eigenvalue weighted by Gasteiger charge is -2.26. The first kappa shape index (κ1) is 21.4. The average Bonchev–Trinajstić information content (AvgIpc) is 3.11. The first-order chi connectivity index (χ1) is 13.7. The number of carboxylic acids is 1. The Morgan fingerprint density at radius 3 is 2.66 bits per heavy atom. The molecular weight excluding hydrogens is 420 g/mol. The molecule has 1 aromatic rings. The van der Waals surface area contributed by atoms with E-state index in [1.54, 1.807) is 23.1 Å². The summed E-state index contributed by atoms with van der Waals surface area (Å²) in [6.07, 6.45) is 0.0903. The van der Waals surface area contributed by atoms with Crippen LogP contribution < -0.4 is 14.4 Å². The van der Waals surface area contributed by atoms with Gasteiger partial charge in [-0.3, -0.25) is 9.59 Å². The van der Waals surface area contributed by atoms with Gasteiger partial charge in [-0.15, -0.1) is 0 Å². The van der Waals surface area contributed by atoms with Crippen molar-refractivity contribution in [2.45, 2.75) is 30.6 Å². The van der Waals surface area contributed by atoms with Gasteiger partial charge in [0.05, 0.1) is 37.5 Å². The molecule has 29 heavy (non-hydrogen) atoms.